The molecule has 138 valence electrons. The topological polar surface area (TPSA) is 62.4 Å². The number of para-hydroxylation sites is 1. The second-order valence-electron chi connectivity index (χ2n) is 6.88. The average Bonchev–Trinajstić information content (AvgIpc) is 2.59. The van der Waals surface area contributed by atoms with E-state index < -0.39 is 0 Å². The number of rotatable bonds is 5. The number of nitrogens with one attached hydrogen (secondary N) is 3. The zero-order valence-electron chi connectivity index (χ0n) is 15.3. The molecule has 1 aliphatic rings. The fourth-order valence-corrected chi connectivity index (χ4v) is 3.35. The highest BCUT2D eigenvalue weighted by Crippen LogP contribution is 2.29. The van der Waals surface area contributed by atoms with Crippen molar-refractivity contribution in [2.45, 2.75) is 52.5 Å². The largest absolute Gasteiger partial charge is 0.493 e. The molecule has 3 atom stereocenters. The summed E-state index contributed by atoms with van der Waals surface area (Å²) in [5.41, 5.74) is 6.47. The molecule has 2 rings (SSSR count). The van der Waals surface area contributed by atoms with E-state index in [4.69, 9.17) is 17.0 Å². The molecule has 5 nitrogen and oxygen atoms in total. The Kier molecular flexibility index (Phi) is 7.50. The van der Waals surface area contributed by atoms with E-state index in [2.05, 4.69) is 30.0 Å². The van der Waals surface area contributed by atoms with Crippen LogP contribution in [-0.4, -0.2) is 23.7 Å². The van der Waals surface area contributed by atoms with E-state index >= 15 is 0 Å². The van der Waals surface area contributed by atoms with Crippen LogP contribution in [0.1, 0.15) is 45.1 Å². The van der Waals surface area contributed by atoms with Crippen LogP contribution in [0.5, 0.6) is 5.75 Å². The Bertz CT molecular complexity index is 594. The van der Waals surface area contributed by atoms with Gasteiger partial charge >= 0.3 is 0 Å². The van der Waals surface area contributed by atoms with Crippen LogP contribution in [0.4, 0.5) is 0 Å². The minimum Gasteiger partial charge on any atom is -0.493 e. The van der Waals surface area contributed by atoms with Gasteiger partial charge in [-0.2, -0.15) is 0 Å². The summed E-state index contributed by atoms with van der Waals surface area (Å²) in [5.74, 6) is 1.93. The lowest BCUT2D eigenvalue weighted by molar-refractivity contribution is -0.122. The summed E-state index contributed by atoms with van der Waals surface area (Å²) >= 11 is 5.28. The molecule has 0 aliphatic heterocycles. The molecule has 1 aromatic rings. The summed E-state index contributed by atoms with van der Waals surface area (Å²) in [4.78, 5) is 11.9. The van der Waals surface area contributed by atoms with E-state index in [1.54, 1.807) is 0 Å². The fourth-order valence-electron chi connectivity index (χ4n) is 3.15. The van der Waals surface area contributed by atoms with Gasteiger partial charge in [0.1, 0.15) is 5.75 Å². The van der Waals surface area contributed by atoms with Gasteiger partial charge in [0.15, 0.2) is 5.11 Å². The maximum atomic E-state index is 11.9. The van der Waals surface area contributed by atoms with Crippen molar-refractivity contribution in [3.05, 3.63) is 29.8 Å². The van der Waals surface area contributed by atoms with Crippen molar-refractivity contribution in [2.24, 2.45) is 11.8 Å². The molecule has 0 spiro atoms. The molecule has 1 fully saturated rings. The van der Waals surface area contributed by atoms with Crippen LogP contribution in [-0.2, 0) is 4.79 Å². The molecule has 1 aliphatic carbocycles. The molecule has 0 heterocycles. The molecule has 25 heavy (non-hydrogen) atoms. The van der Waals surface area contributed by atoms with Crippen molar-refractivity contribution >= 4 is 23.2 Å². The average molecular weight is 364 g/mol. The fraction of sp³-hybridized carbons (Fsp3) is 0.579. The van der Waals surface area contributed by atoms with Gasteiger partial charge in [-0.3, -0.25) is 15.6 Å². The van der Waals surface area contributed by atoms with Gasteiger partial charge in [-0.05, 0) is 49.0 Å². The van der Waals surface area contributed by atoms with Gasteiger partial charge in [0.2, 0.25) is 5.91 Å². The molecular formula is C19H29N3O2S. The number of hydrogen-bond acceptors (Lipinski definition) is 3. The van der Waals surface area contributed by atoms with Gasteiger partial charge in [-0.1, -0.05) is 44.9 Å². The summed E-state index contributed by atoms with van der Waals surface area (Å²) in [6.07, 6.45) is 3.87. The number of aryl methyl sites for hydroxylation is 1. The van der Waals surface area contributed by atoms with E-state index in [0.29, 0.717) is 29.6 Å². The normalized spacial score (nSPS) is 22.8. The van der Waals surface area contributed by atoms with Crippen molar-refractivity contribution in [2.75, 3.05) is 6.61 Å². The summed E-state index contributed by atoms with van der Waals surface area (Å²) in [6, 6.07) is 8.12. The van der Waals surface area contributed by atoms with Crippen LogP contribution >= 0.6 is 12.2 Å². The number of carbonyl (C=O) groups is 1. The van der Waals surface area contributed by atoms with Gasteiger partial charge in [0.05, 0.1) is 13.0 Å². The van der Waals surface area contributed by atoms with Crippen molar-refractivity contribution in [1.29, 1.82) is 0 Å². The van der Waals surface area contributed by atoms with Gasteiger partial charge < -0.3 is 10.1 Å². The molecule has 0 saturated heterocycles. The zero-order chi connectivity index (χ0) is 18.2. The Labute approximate surface area is 155 Å². The number of hydrazine groups is 1. The molecule has 0 unspecified atom stereocenters. The predicted molar refractivity (Wildman–Crippen MR) is 104 cm³/mol. The van der Waals surface area contributed by atoms with Crippen LogP contribution in [0.2, 0.25) is 0 Å². The van der Waals surface area contributed by atoms with Crippen LogP contribution in [0.3, 0.4) is 0 Å². The first kappa shape index (κ1) is 19.5. The summed E-state index contributed by atoms with van der Waals surface area (Å²) in [7, 11) is 0. The first-order valence-electron chi connectivity index (χ1n) is 9.01. The Morgan fingerprint density at radius 1 is 1.24 bits per heavy atom. The predicted octanol–water partition coefficient (Wildman–Crippen LogP) is 3.08. The first-order valence-corrected chi connectivity index (χ1v) is 9.42. The maximum absolute atomic E-state index is 11.9. The summed E-state index contributed by atoms with van der Waals surface area (Å²) < 4.78 is 5.62. The number of thiocarbonyl (C=S) groups is 1. The van der Waals surface area contributed by atoms with E-state index in [1.165, 1.54) is 12.8 Å². The molecule has 3 N–H and O–H groups in total. The van der Waals surface area contributed by atoms with Crippen molar-refractivity contribution in [3.8, 4) is 5.75 Å². The molecule has 1 aromatic carbocycles. The minimum absolute atomic E-state index is 0.150. The SMILES string of the molecule is Cc1ccccc1OCCC(=O)NNC(=S)N[C@@H]1CCC[C@@H](C)[C@@H]1C. The molecule has 1 saturated carbocycles. The lowest BCUT2D eigenvalue weighted by Gasteiger charge is -2.35. The summed E-state index contributed by atoms with van der Waals surface area (Å²) in [6.45, 7) is 6.85. The Balaban J connectivity index is 1.64. The van der Waals surface area contributed by atoms with Crippen LogP contribution in [0, 0.1) is 18.8 Å². The number of carbonyl (C=O) groups excluding carboxylic acids is 1. The summed E-state index contributed by atoms with van der Waals surface area (Å²) in [5, 5.41) is 3.79. The van der Waals surface area contributed by atoms with E-state index in [0.717, 1.165) is 17.7 Å². The zero-order valence-corrected chi connectivity index (χ0v) is 16.1. The highest BCUT2D eigenvalue weighted by molar-refractivity contribution is 7.80. The smallest absolute Gasteiger partial charge is 0.241 e. The number of ether oxygens (including phenoxy) is 1. The maximum Gasteiger partial charge on any atom is 0.241 e. The van der Waals surface area contributed by atoms with E-state index in [1.807, 2.05) is 31.2 Å². The van der Waals surface area contributed by atoms with Gasteiger partial charge in [0, 0.05) is 6.04 Å². The van der Waals surface area contributed by atoms with Crippen LogP contribution in [0.15, 0.2) is 24.3 Å². The third kappa shape index (κ3) is 6.20. The van der Waals surface area contributed by atoms with Gasteiger partial charge in [-0.25, -0.2) is 0 Å². The molecule has 1 amide bonds. The lowest BCUT2D eigenvalue weighted by atomic mass is 9.78. The molecule has 0 radical (unpaired) electrons. The first-order chi connectivity index (χ1) is 12.0. The Hall–Kier alpha value is -1.82. The lowest BCUT2D eigenvalue weighted by Crippen LogP contribution is -2.52. The minimum atomic E-state index is -0.150. The van der Waals surface area contributed by atoms with Gasteiger partial charge in [0.25, 0.3) is 0 Å². The van der Waals surface area contributed by atoms with E-state index in [-0.39, 0.29) is 12.3 Å². The number of benzene rings is 1. The van der Waals surface area contributed by atoms with Gasteiger partial charge in [-0.15, -0.1) is 0 Å². The molecular weight excluding hydrogens is 334 g/mol. The second-order valence-corrected chi connectivity index (χ2v) is 7.29. The number of amides is 1. The monoisotopic (exact) mass is 363 g/mol. The third-order valence-electron chi connectivity index (χ3n) is 5.02. The van der Waals surface area contributed by atoms with Crippen molar-refractivity contribution in [3.63, 3.8) is 0 Å². The van der Waals surface area contributed by atoms with E-state index in [9.17, 15) is 4.79 Å². The highest BCUT2D eigenvalue weighted by atomic mass is 32.1. The second kappa shape index (κ2) is 9.61. The third-order valence-corrected chi connectivity index (χ3v) is 5.24. The Morgan fingerprint density at radius 3 is 2.76 bits per heavy atom. The standard InChI is InChI=1S/C19H29N3O2S/c1-13-8-6-9-16(15(13)3)20-19(25)22-21-18(23)11-12-24-17-10-5-4-7-14(17)2/h4-5,7,10,13,15-16H,6,8-9,11-12H2,1-3H3,(H,21,23)(H2,20,22,25)/t13-,15+,16-/m1/s1. The highest BCUT2D eigenvalue weighted by Gasteiger charge is 2.27. The van der Waals surface area contributed by atoms with Crippen LogP contribution < -0.4 is 20.9 Å². The molecule has 6 heteroatoms. The van der Waals surface area contributed by atoms with Crippen molar-refractivity contribution < 1.29 is 9.53 Å². The quantitative estimate of drug-likeness (QED) is 0.554. The number of hydrogen-bond donors (Lipinski definition) is 3. The molecule has 0 aromatic heterocycles. The van der Waals surface area contributed by atoms with Crippen molar-refractivity contribution in [1.82, 2.24) is 16.2 Å². The van der Waals surface area contributed by atoms with Crippen LogP contribution in [0.25, 0.3) is 0 Å². The Morgan fingerprint density at radius 2 is 2.00 bits per heavy atom. The molecule has 0 bridgehead atoms.